The van der Waals surface area contributed by atoms with Crippen LogP contribution in [0.5, 0.6) is 0 Å². The Balaban J connectivity index is 1.97. The molecule has 0 saturated carbocycles. The summed E-state index contributed by atoms with van der Waals surface area (Å²) in [5.74, 6) is -1.29. The summed E-state index contributed by atoms with van der Waals surface area (Å²) < 4.78 is 4.98. The molecule has 2 aromatic carbocycles. The maximum absolute atomic E-state index is 12.3. The number of hydrogen-bond acceptors (Lipinski definition) is 5. The molecule has 2 rings (SSSR count). The fraction of sp³-hybridized carbons (Fsp3) is 0.238. The standard InChI is InChI=1S/C21H21N3O4/c1-14(2)12-23-20(26)17-8-3-4-9-18(17)24-19(25)13-28-21(27)16-7-5-6-15(10-16)11-22/h3-10,14H,12-13H2,1-2H3,(H,23,26)(H,24,25). The molecule has 0 aliphatic heterocycles. The van der Waals surface area contributed by atoms with Gasteiger partial charge in [-0.05, 0) is 36.2 Å². The van der Waals surface area contributed by atoms with Gasteiger partial charge in [0, 0.05) is 6.54 Å². The Morgan fingerprint density at radius 3 is 2.57 bits per heavy atom. The molecule has 0 atom stereocenters. The molecule has 2 aromatic rings. The summed E-state index contributed by atoms with van der Waals surface area (Å²) in [6.45, 7) is 3.96. The topological polar surface area (TPSA) is 108 Å². The number of carbonyl (C=O) groups is 3. The summed E-state index contributed by atoms with van der Waals surface area (Å²) in [6.07, 6.45) is 0. The lowest BCUT2D eigenvalue weighted by Crippen LogP contribution is -2.29. The molecule has 0 aliphatic rings. The number of benzene rings is 2. The van der Waals surface area contributed by atoms with E-state index >= 15 is 0 Å². The lowest BCUT2D eigenvalue weighted by atomic mass is 10.1. The molecule has 2 N–H and O–H groups in total. The van der Waals surface area contributed by atoms with E-state index in [1.807, 2.05) is 19.9 Å². The first-order valence-electron chi connectivity index (χ1n) is 8.75. The Labute approximate surface area is 163 Å². The van der Waals surface area contributed by atoms with E-state index in [-0.39, 0.29) is 11.5 Å². The first kappa shape index (κ1) is 20.6. The van der Waals surface area contributed by atoms with Crippen molar-refractivity contribution in [2.45, 2.75) is 13.8 Å². The maximum atomic E-state index is 12.3. The third-order valence-electron chi connectivity index (χ3n) is 3.68. The summed E-state index contributed by atoms with van der Waals surface area (Å²) >= 11 is 0. The van der Waals surface area contributed by atoms with Crippen molar-refractivity contribution < 1.29 is 19.1 Å². The van der Waals surface area contributed by atoms with Crippen LogP contribution in [-0.4, -0.2) is 30.9 Å². The van der Waals surface area contributed by atoms with Crippen molar-refractivity contribution in [1.29, 1.82) is 5.26 Å². The second-order valence-electron chi connectivity index (χ2n) is 6.47. The molecule has 0 saturated heterocycles. The fourth-order valence-corrected chi connectivity index (χ4v) is 2.30. The second kappa shape index (κ2) is 9.88. The number of ether oxygens (including phenoxy) is 1. The fourth-order valence-electron chi connectivity index (χ4n) is 2.30. The van der Waals surface area contributed by atoms with Crippen LogP contribution in [0.15, 0.2) is 48.5 Å². The SMILES string of the molecule is CC(C)CNC(=O)c1ccccc1NC(=O)COC(=O)c1cccc(C#N)c1. The van der Waals surface area contributed by atoms with Crippen molar-refractivity contribution in [2.75, 3.05) is 18.5 Å². The minimum absolute atomic E-state index is 0.181. The Kier molecular flexibility index (Phi) is 7.28. The van der Waals surface area contributed by atoms with Gasteiger partial charge in [0.1, 0.15) is 0 Å². The molecule has 144 valence electrons. The van der Waals surface area contributed by atoms with Crippen molar-refractivity contribution in [3.8, 4) is 6.07 Å². The third-order valence-corrected chi connectivity index (χ3v) is 3.68. The second-order valence-corrected chi connectivity index (χ2v) is 6.47. The van der Waals surface area contributed by atoms with Gasteiger partial charge in [-0.1, -0.05) is 32.0 Å². The number of rotatable bonds is 7. The van der Waals surface area contributed by atoms with Crippen molar-refractivity contribution in [1.82, 2.24) is 5.32 Å². The Morgan fingerprint density at radius 2 is 1.86 bits per heavy atom. The molecule has 0 fully saturated rings. The molecule has 7 nitrogen and oxygen atoms in total. The van der Waals surface area contributed by atoms with E-state index in [0.717, 1.165) is 0 Å². The monoisotopic (exact) mass is 379 g/mol. The van der Waals surface area contributed by atoms with Gasteiger partial charge in [0.2, 0.25) is 0 Å². The number of hydrogen-bond donors (Lipinski definition) is 2. The first-order chi connectivity index (χ1) is 13.4. The van der Waals surface area contributed by atoms with Gasteiger partial charge in [-0.25, -0.2) is 4.79 Å². The Hall–Kier alpha value is -3.66. The van der Waals surface area contributed by atoms with Crippen LogP contribution in [0.3, 0.4) is 0 Å². The van der Waals surface area contributed by atoms with E-state index in [4.69, 9.17) is 10.00 Å². The molecule has 0 aliphatic carbocycles. The molecule has 0 bridgehead atoms. The van der Waals surface area contributed by atoms with Crippen LogP contribution in [0.25, 0.3) is 0 Å². The van der Waals surface area contributed by atoms with Crippen LogP contribution in [0.4, 0.5) is 5.69 Å². The van der Waals surface area contributed by atoms with Crippen molar-refractivity contribution >= 4 is 23.5 Å². The summed E-state index contributed by atoms with van der Waals surface area (Å²) in [5, 5.41) is 14.2. The van der Waals surface area contributed by atoms with Crippen LogP contribution in [0.1, 0.15) is 40.1 Å². The average Bonchev–Trinajstić information content (AvgIpc) is 2.70. The van der Waals surface area contributed by atoms with Crippen LogP contribution in [0.2, 0.25) is 0 Å². The highest BCUT2D eigenvalue weighted by Crippen LogP contribution is 2.15. The predicted molar refractivity (Wildman–Crippen MR) is 104 cm³/mol. The smallest absolute Gasteiger partial charge is 0.338 e. The van der Waals surface area contributed by atoms with E-state index in [0.29, 0.717) is 29.3 Å². The van der Waals surface area contributed by atoms with E-state index in [9.17, 15) is 14.4 Å². The van der Waals surface area contributed by atoms with E-state index < -0.39 is 18.5 Å². The number of amides is 2. The normalized spacial score (nSPS) is 10.1. The van der Waals surface area contributed by atoms with Gasteiger partial charge in [-0.3, -0.25) is 9.59 Å². The van der Waals surface area contributed by atoms with Crippen LogP contribution in [0, 0.1) is 17.2 Å². The van der Waals surface area contributed by atoms with Crippen LogP contribution in [-0.2, 0) is 9.53 Å². The van der Waals surface area contributed by atoms with Gasteiger partial charge < -0.3 is 15.4 Å². The van der Waals surface area contributed by atoms with Gasteiger partial charge in [0.25, 0.3) is 11.8 Å². The minimum atomic E-state index is -0.713. The molecule has 0 unspecified atom stereocenters. The number of para-hydroxylation sites is 1. The molecular weight excluding hydrogens is 358 g/mol. The number of nitriles is 1. The molecule has 0 aromatic heterocycles. The predicted octanol–water partition coefficient (Wildman–Crippen LogP) is 2.74. The quantitative estimate of drug-likeness (QED) is 0.719. The summed E-state index contributed by atoms with van der Waals surface area (Å²) in [7, 11) is 0. The Morgan fingerprint density at radius 1 is 1.11 bits per heavy atom. The number of nitrogens with one attached hydrogen (secondary N) is 2. The number of nitrogens with zero attached hydrogens (tertiary/aromatic N) is 1. The summed E-state index contributed by atoms with van der Waals surface area (Å²) in [4.78, 5) is 36.4. The lowest BCUT2D eigenvalue weighted by Gasteiger charge is -2.12. The zero-order valence-electron chi connectivity index (χ0n) is 15.7. The molecular formula is C21H21N3O4. The van der Waals surface area contributed by atoms with Gasteiger partial charge in [-0.15, -0.1) is 0 Å². The molecule has 2 amide bonds. The summed E-state index contributed by atoms with van der Waals surface area (Å²) in [6, 6.07) is 14.5. The van der Waals surface area contributed by atoms with E-state index in [2.05, 4.69) is 10.6 Å². The molecule has 28 heavy (non-hydrogen) atoms. The largest absolute Gasteiger partial charge is 0.452 e. The van der Waals surface area contributed by atoms with Crippen LogP contribution >= 0.6 is 0 Å². The number of esters is 1. The number of carbonyl (C=O) groups excluding carboxylic acids is 3. The zero-order valence-corrected chi connectivity index (χ0v) is 15.7. The third kappa shape index (κ3) is 5.95. The van der Waals surface area contributed by atoms with Crippen molar-refractivity contribution in [3.05, 3.63) is 65.2 Å². The van der Waals surface area contributed by atoms with E-state index in [1.54, 1.807) is 36.4 Å². The van der Waals surface area contributed by atoms with Gasteiger partial charge in [-0.2, -0.15) is 5.26 Å². The molecule has 0 radical (unpaired) electrons. The van der Waals surface area contributed by atoms with Crippen LogP contribution < -0.4 is 10.6 Å². The Bertz CT molecular complexity index is 916. The molecule has 7 heteroatoms. The van der Waals surface area contributed by atoms with Crippen molar-refractivity contribution in [3.63, 3.8) is 0 Å². The van der Waals surface area contributed by atoms with Gasteiger partial charge in [0.05, 0.1) is 28.4 Å². The minimum Gasteiger partial charge on any atom is -0.452 e. The van der Waals surface area contributed by atoms with Gasteiger partial charge >= 0.3 is 5.97 Å². The molecule has 0 heterocycles. The van der Waals surface area contributed by atoms with Gasteiger partial charge in [0.15, 0.2) is 6.61 Å². The van der Waals surface area contributed by atoms with Crippen molar-refractivity contribution in [2.24, 2.45) is 5.92 Å². The molecule has 0 spiro atoms. The highest BCUT2D eigenvalue weighted by Gasteiger charge is 2.15. The number of anilines is 1. The highest BCUT2D eigenvalue weighted by molar-refractivity contribution is 6.04. The first-order valence-corrected chi connectivity index (χ1v) is 8.75. The zero-order chi connectivity index (χ0) is 20.5. The lowest BCUT2D eigenvalue weighted by molar-refractivity contribution is -0.119. The van der Waals surface area contributed by atoms with E-state index in [1.165, 1.54) is 12.1 Å². The highest BCUT2D eigenvalue weighted by atomic mass is 16.5. The average molecular weight is 379 g/mol. The maximum Gasteiger partial charge on any atom is 0.338 e. The summed E-state index contributed by atoms with van der Waals surface area (Å²) in [5.41, 5.74) is 1.15.